The van der Waals surface area contributed by atoms with Crippen molar-refractivity contribution in [3.63, 3.8) is 0 Å². The van der Waals surface area contributed by atoms with Crippen molar-refractivity contribution in [2.75, 3.05) is 5.32 Å². The third-order valence-electron chi connectivity index (χ3n) is 4.80. The Hall–Kier alpha value is -1.95. The van der Waals surface area contributed by atoms with E-state index in [9.17, 15) is 13.2 Å². The Morgan fingerprint density at radius 1 is 1.08 bits per heavy atom. The Morgan fingerprint density at radius 2 is 1.84 bits per heavy atom. The van der Waals surface area contributed by atoms with Gasteiger partial charge < -0.3 is 10.1 Å². The summed E-state index contributed by atoms with van der Waals surface area (Å²) >= 11 is 3.44. The minimum Gasteiger partial charge on any atom is -0.406 e. The number of alkyl halides is 3. The Balaban J connectivity index is 1.70. The molecule has 0 radical (unpaired) electrons. The van der Waals surface area contributed by atoms with E-state index in [4.69, 9.17) is 0 Å². The molecule has 1 aliphatic heterocycles. The average Bonchev–Trinajstić information content (AvgIpc) is 3.03. The molecule has 0 spiro atoms. The first-order chi connectivity index (χ1) is 11.9. The normalized spacial score (nSPS) is 24.4. The van der Waals surface area contributed by atoms with Gasteiger partial charge in [0.05, 0.1) is 6.04 Å². The average molecular weight is 410 g/mol. The Kier molecular flexibility index (Phi) is 4.02. The third kappa shape index (κ3) is 3.27. The zero-order valence-electron chi connectivity index (χ0n) is 13.1. The fourth-order valence-electron chi connectivity index (χ4n) is 3.77. The summed E-state index contributed by atoms with van der Waals surface area (Å²) in [6.45, 7) is 0. The molecule has 2 aromatic rings. The predicted octanol–water partition coefficient (Wildman–Crippen LogP) is 6.17. The van der Waals surface area contributed by atoms with Gasteiger partial charge in [-0.3, -0.25) is 0 Å². The SMILES string of the molecule is FC(F)(F)Oc1ccc2c(c1)[C@@H]1C=CC[C@@H]1[C@@H](c1ccc(Br)cc1)N2. The molecule has 0 bridgehead atoms. The van der Waals surface area contributed by atoms with Crippen LogP contribution in [-0.2, 0) is 0 Å². The van der Waals surface area contributed by atoms with Gasteiger partial charge in [0.25, 0.3) is 0 Å². The van der Waals surface area contributed by atoms with Gasteiger partial charge >= 0.3 is 6.36 Å². The second-order valence-electron chi connectivity index (χ2n) is 6.32. The number of hydrogen-bond donors (Lipinski definition) is 1. The van der Waals surface area contributed by atoms with E-state index in [2.05, 4.69) is 50.3 Å². The summed E-state index contributed by atoms with van der Waals surface area (Å²) in [5.41, 5.74) is 2.88. The number of nitrogens with one attached hydrogen (secondary N) is 1. The molecule has 130 valence electrons. The zero-order chi connectivity index (χ0) is 17.6. The van der Waals surface area contributed by atoms with Crippen LogP contribution in [-0.4, -0.2) is 6.36 Å². The van der Waals surface area contributed by atoms with E-state index < -0.39 is 6.36 Å². The molecule has 0 aromatic heterocycles. The van der Waals surface area contributed by atoms with E-state index in [1.165, 1.54) is 17.7 Å². The summed E-state index contributed by atoms with van der Waals surface area (Å²) in [5.74, 6) is 0.186. The van der Waals surface area contributed by atoms with Gasteiger partial charge in [-0.1, -0.05) is 40.2 Å². The van der Waals surface area contributed by atoms with Crippen LogP contribution in [0.25, 0.3) is 0 Å². The van der Waals surface area contributed by atoms with Gasteiger partial charge in [-0.15, -0.1) is 13.2 Å². The van der Waals surface area contributed by atoms with Gasteiger partial charge in [-0.25, -0.2) is 0 Å². The molecule has 2 aliphatic rings. The van der Waals surface area contributed by atoms with Gasteiger partial charge in [-0.2, -0.15) is 0 Å². The second kappa shape index (κ2) is 6.09. The molecular weight excluding hydrogens is 395 g/mol. The molecular formula is C19H15BrF3NO. The maximum absolute atomic E-state index is 12.5. The molecule has 0 amide bonds. The lowest BCUT2D eigenvalue weighted by atomic mass is 9.77. The van der Waals surface area contributed by atoms with Crippen LogP contribution >= 0.6 is 15.9 Å². The van der Waals surface area contributed by atoms with Crippen molar-refractivity contribution in [1.29, 1.82) is 0 Å². The van der Waals surface area contributed by atoms with Gasteiger partial charge in [0.2, 0.25) is 0 Å². The fraction of sp³-hybridized carbons (Fsp3) is 0.263. The molecule has 25 heavy (non-hydrogen) atoms. The van der Waals surface area contributed by atoms with Crippen LogP contribution in [0.1, 0.15) is 29.5 Å². The molecule has 2 nitrogen and oxygen atoms in total. The highest BCUT2D eigenvalue weighted by atomic mass is 79.9. The van der Waals surface area contributed by atoms with Gasteiger partial charge in [0.1, 0.15) is 5.75 Å². The lowest BCUT2D eigenvalue weighted by Gasteiger charge is -2.37. The number of ether oxygens (including phenoxy) is 1. The van der Waals surface area contributed by atoms with Crippen molar-refractivity contribution in [2.24, 2.45) is 5.92 Å². The smallest absolute Gasteiger partial charge is 0.406 e. The standard InChI is InChI=1S/C19H15BrF3NO/c20-12-6-4-11(5-7-12)18-15-3-1-2-14(15)16-10-13(25-19(21,22)23)8-9-17(16)24-18/h1-2,4-10,14-15,18,24H,3H2/t14-,15+,18-/m1/s1. The Morgan fingerprint density at radius 3 is 2.56 bits per heavy atom. The first kappa shape index (κ1) is 16.5. The molecule has 0 unspecified atom stereocenters. The first-order valence-electron chi connectivity index (χ1n) is 7.99. The number of benzene rings is 2. The van der Waals surface area contributed by atoms with E-state index >= 15 is 0 Å². The minimum atomic E-state index is -4.68. The minimum absolute atomic E-state index is 0.0849. The quantitative estimate of drug-likeness (QED) is 0.598. The Labute approximate surface area is 151 Å². The summed E-state index contributed by atoms with van der Waals surface area (Å²) in [6.07, 6.45) is 0.409. The highest BCUT2D eigenvalue weighted by molar-refractivity contribution is 9.10. The molecule has 6 heteroatoms. The summed E-state index contributed by atoms with van der Waals surface area (Å²) in [7, 11) is 0. The monoisotopic (exact) mass is 409 g/mol. The molecule has 1 N–H and O–H groups in total. The fourth-order valence-corrected chi connectivity index (χ4v) is 4.03. The van der Waals surface area contributed by atoms with Gasteiger partial charge in [0, 0.05) is 16.1 Å². The van der Waals surface area contributed by atoms with Crippen molar-refractivity contribution in [3.8, 4) is 5.75 Å². The number of halogens is 4. The number of hydrogen-bond acceptors (Lipinski definition) is 2. The largest absolute Gasteiger partial charge is 0.573 e. The molecule has 0 saturated heterocycles. The lowest BCUT2D eigenvalue weighted by molar-refractivity contribution is -0.274. The van der Waals surface area contributed by atoms with Crippen molar-refractivity contribution in [3.05, 3.63) is 70.2 Å². The van der Waals surface area contributed by atoms with Crippen LogP contribution in [0.5, 0.6) is 5.75 Å². The molecule has 0 saturated carbocycles. The highest BCUT2D eigenvalue weighted by Gasteiger charge is 2.38. The summed E-state index contributed by atoms with van der Waals surface area (Å²) in [4.78, 5) is 0. The number of allylic oxidation sites excluding steroid dienone is 2. The molecule has 1 aliphatic carbocycles. The van der Waals surface area contributed by atoms with E-state index in [-0.39, 0.29) is 23.6 Å². The van der Waals surface area contributed by atoms with Crippen LogP contribution < -0.4 is 10.1 Å². The zero-order valence-corrected chi connectivity index (χ0v) is 14.6. The van der Waals surface area contributed by atoms with Crippen LogP contribution in [0, 0.1) is 5.92 Å². The van der Waals surface area contributed by atoms with E-state index in [1.54, 1.807) is 6.07 Å². The third-order valence-corrected chi connectivity index (χ3v) is 5.33. The molecule has 2 aromatic carbocycles. The first-order valence-corrected chi connectivity index (χ1v) is 8.78. The van der Waals surface area contributed by atoms with Crippen molar-refractivity contribution >= 4 is 21.6 Å². The highest BCUT2D eigenvalue weighted by Crippen LogP contribution is 2.50. The topological polar surface area (TPSA) is 21.3 Å². The van der Waals surface area contributed by atoms with Crippen molar-refractivity contribution in [1.82, 2.24) is 0 Å². The van der Waals surface area contributed by atoms with E-state index in [1.807, 2.05) is 12.1 Å². The maximum Gasteiger partial charge on any atom is 0.573 e. The summed E-state index contributed by atoms with van der Waals surface area (Å²) in [5, 5.41) is 3.50. The van der Waals surface area contributed by atoms with E-state index in [0.29, 0.717) is 0 Å². The second-order valence-corrected chi connectivity index (χ2v) is 7.24. The van der Waals surface area contributed by atoms with Gasteiger partial charge in [-0.05, 0) is 53.8 Å². The Bertz CT molecular complexity index is 816. The van der Waals surface area contributed by atoms with Gasteiger partial charge in [0.15, 0.2) is 0 Å². The molecule has 3 atom stereocenters. The molecule has 0 fully saturated rings. The number of fused-ring (bicyclic) bond motifs is 3. The molecule has 4 rings (SSSR count). The van der Waals surface area contributed by atoms with Crippen LogP contribution in [0.15, 0.2) is 59.1 Å². The number of anilines is 1. The summed E-state index contributed by atoms with van der Waals surface area (Å²) < 4.78 is 42.6. The number of rotatable bonds is 2. The summed E-state index contributed by atoms with van der Waals surface area (Å²) in [6, 6.07) is 12.8. The lowest BCUT2D eigenvalue weighted by Crippen LogP contribution is -2.29. The van der Waals surface area contributed by atoms with Crippen LogP contribution in [0.3, 0.4) is 0 Å². The maximum atomic E-state index is 12.5. The van der Waals surface area contributed by atoms with Crippen molar-refractivity contribution in [2.45, 2.75) is 24.7 Å². The van der Waals surface area contributed by atoms with Crippen LogP contribution in [0.4, 0.5) is 18.9 Å². The molecule has 1 heterocycles. The van der Waals surface area contributed by atoms with E-state index in [0.717, 1.165) is 22.1 Å². The van der Waals surface area contributed by atoms with Crippen LogP contribution in [0.2, 0.25) is 0 Å². The van der Waals surface area contributed by atoms with Crippen molar-refractivity contribution < 1.29 is 17.9 Å². The predicted molar refractivity (Wildman–Crippen MR) is 93.6 cm³/mol.